The Balaban J connectivity index is 1.63. The highest BCUT2D eigenvalue weighted by Gasteiger charge is 2.20. The molecule has 0 spiro atoms. The molecule has 0 aliphatic heterocycles. The molecule has 7 heteroatoms. The minimum Gasteiger partial charge on any atom is -0.350 e. The summed E-state index contributed by atoms with van der Waals surface area (Å²) in [5, 5.41) is 10.8. The number of benzene rings is 2. The lowest BCUT2D eigenvalue weighted by molar-refractivity contribution is 0.0948. The Morgan fingerprint density at radius 3 is 2.69 bits per heavy atom. The first-order valence-corrected chi connectivity index (χ1v) is 8.34. The Bertz CT molecular complexity index is 1150. The molecule has 0 radical (unpaired) electrons. The summed E-state index contributed by atoms with van der Waals surface area (Å²) in [6.07, 6.45) is 0. The molecule has 0 unspecified atom stereocenters. The zero-order chi connectivity index (χ0) is 18.1. The van der Waals surface area contributed by atoms with E-state index in [4.69, 9.17) is 0 Å². The van der Waals surface area contributed by atoms with Gasteiger partial charge in [0.25, 0.3) is 11.5 Å². The zero-order valence-electron chi connectivity index (χ0n) is 14.1. The lowest BCUT2D eigenvalue weighted by Gasteiger charge is -2.12. The molecular weight excluding hydrogens is 330 g/mol. The number of aromatic amines is 1. The highest BCUT2D eigenvalue weighted by atomic mass is 16.2. The third-order valence-electron chi connectivity index (χ3n) is 4.42. The maximum absolute atomic E-state index is 12.6. The second-order valence-corrected chi connectivity index (χ2v) is 6.19. The molecule has 1 amide bonds. The molecule has 0 aliphatic rings. The van der Waals surface area contributed by atoms with Gasteiger partial charge in [-0.05, 0) is 23.6 Å². The maximum atomic E-state index is 12.6. The van der Waals surface area contributed by atoms with Gasteiger partial charge >= 0.3 is 0 Å². The number of amides is 1. The van der Waals surface area contributed by atoms with Gasteiger partial charge in [0.15, 0.2) is 11.2 Å². The Morgan fingerprint density at radius 1 is 1.15 bits per heavy atom. The lowest BCUT2D eigenvalue weighted by atomic mass is 10.0. The number of fused-ring (bicyclic) bond motifs is 3. The van der Waals surface area contributed by atoms with Crippen molar-refractivity contribution in [1.29, 1.82) is 0 Å². The third kappa shape index (κ3) is 2.73. The van der Waals surface area contributed by atoms with Gasteiger partial charge in [-0.1, -0.05) is 54.6 Å². The van der Waals surface area contributed by atoms with Crippen molar-refractivity contribution in [2.75, 3.05) is 6.54 Å². The number of hydrogen-bond donors (Lipinski definition) is 2. The summed E-state index contributed by atoms with van der Waals surface area (Å²) in [4.78, 5) is 27.7. The van der Waals surface area contributed by atoms with Crippen LogP contribution in [0.15, 0.2) is 59.4 Å². The molecule has 26 heavy (non-hydrogen) atoms. The molecular formula is C19H17N5O2. The highest BCUT2D eigenvalue weighted by Crippen LogP contribution is 2.15. The molecule has 4 rings (SSSR count). The van der Waals surface area contributed by atoms with Crippen molar-refractivity contribution in [1.82, 2.24) is 25.1 Å². The second kappa shape index (κ2) is 6.44. The number of carbonyl (C=O) groups excluding carboxylic acids is 1. The number of carbonyl (C=O) groups is 1. The normalized spacial score (nSPS) is 12.3. The average molecular weight is 347 g/mol. The number of nitrogens with zero attached hydrogens (tertiary/aromatic N) is 3. The molecule has 0 bridgehead atoms. The van der Waals surface area contributed by atoms with Crippen LogP contribution in [0.4, 0.5) is 0 Å². The summed E-state index contributed by atoms with van der Waals surface area (Å²) in [5.74, 6) is -0.273. The minimum atomic E-state index is -0.413. The van der Waals surface area contributed by atoms with Crippen LogP contribution >= 0.6 is 0 Å². The van der Waals surface area contributed by atoms with E-state index >= 15 is 0 Å². The van der Waals surface area contributed by atoms with E-state index in [9.17, 15) is 9.59 Å². The Kier molecular flexibility index (Phi) is 3.96. The topological polar surface area (TPSA) is 92.2 Å². The molecule has 0 aliphatic carbocycles. The van der Waals surface area contributed by atoms with Crippen LogP contribution in [0.25, 0.3) is 16.6 Å². The number of H-pyrrole nitrogens is 1. The van der Waals surface area contributed by atoms with E-state index in [1.54, 1.807) is 6.07 Å². The maximum Gasteiger partial charge on any atom is 0.277 e. The van der Waals surface area contributed by atoms with Crippen molar-refractivity contribution in [2.45, 2.75) is 12.8 Å². The summed E-state index contributed by atoms with van der Waals surface area (Å²) in [5.41, 5.74) is 2.23. The van der Waals surface area contributed by atoms with Crippen molar-refractivity contribution in [2.24, 2.45) is 0 Å². The quantitative estimate of drug-likeness (QED) is 0.591. The smallest absolute Gasteiger partial charge is 0.277 e. The molecule has 2 N–H and O–H groups in total. The van der Waals surface area contributed by atoms with E-state index in [1.807, 2.05) is 55.5 Å². The number of nitrogens with one attached hydrogen (secondary N) is 2. The first-order valence-electron chi connectivity index (χ1n) is 8.34. The first kappa shape index (κ1) is 16.0. The fourth-order valence-corrected chi connectivity index (χ4v) is 2.98. The van der Waals surface area contributed by atoms with Crippen LogP contribution in [0, 0.1) is 0 Å². The van der Waals surface area contributed by atoms with E-state index in [0.29, 0.717) is 17.6 Å². The standard InChI is InChI=1S/C19H17N5O2/c1-12(13-7-3-2-4-8-13)11-20-18(25)16-17-19(26)21-14-9-5-6-10-15(14)24(17)23-22-16/h2-10,12H,11H2,1H3,(H,20,25)(H,21,26)/t12-/m1/s1. The fourth-order valence-electron chi connectivity index (χ4n) is 2.98. The van der Waals surface area contributed by atoms with Gasteiger partial charge in [-0.3, -0.25) is 9.59 Å². The van der Waals surface area contributed by atoms with Crippen molar-refractivity contribution >= 4 is 22.5 Å². The average Bonchev–Trinajstić information content (AvgIpc) is 3.13. The largest absolute Gasteiger partial charge is 0.350 e. The molecule has 7 nitrogen and oxygen atoms in total. The van der Waals surface area contributed by atoms with Crippen LogP contribution in [-0.2, 0) is 0 Å². The molecule has 0 saturated heterocycles. The monoisotopic (exact) mass is 347 g/mol. The van der Waals surface area contributed by atoms with Crippen LogP contribution < -0.4 is 10.9 Å². The number of para-hydroxylation sites is 2. The van der Waals surface area contributed by atoms with Gasteiger partial charge < -0.3 is 10.3 Å². The van der Waals surface area contributed by atoms with Crippen LogP contribution in [0.3, 0.4) is 0 Å². The van der Waals surface area contributed by atoms with Crippen LogP contribution in [-0.4, -0.2) is 32.3 Å². The SMILES string of the molecule is C[C@H](CNC(=O)c1nnn2c1c(=O)[nH]c1ccccc12)c1ccccc1. The van der Waals surface area contributed by atoms with Gasteiger partial charge in [0.05, 0.1) is 11.0 Å². The number of rotatable bonds is 4. The van der Waals surface area contributed by atoms with Crippen molar-refractivity contribution < 1.29 is 4.79 Å². The molecule has 2 heterocycles. The molecule has 2 aromatic carbocycles. The van der Waals surface area contributed by atoms with Crippen molar-refractivity contribution in [3.8, 4) is 0 Å². The van der Waals surface area contributed by atoms with Crippen LogP contribution in [0.2, 0.25) is 0 Å². The summed E-state index contributed by atoms with van der Waals surface area (Å²) in [6.45, 7) is 2.47. The summed E-state index contributed by atoms with van der Waals surface area (Å²) >= 11 is 0. The second-order valence-electron chi connectivity index (χ2n) is 6.19. The van der Waals surface area contributed by atoms with E-state index in [1.165, 1.54) is 4.52 Å². The Morgan fingerprint density at radius 2 is 1.88 bits per heavy atom. The number of aromatic nitrogens is 4. The Hall–Kier alpha value is -3.48. The third-order valence-corrected chi connectivity index (χ3v) is 4.42. The minimum absolute atomic E-state index is 0.0252. The molecule has 0 saturated carbocycles. The fraction of sp³-hybridized carbons (Fsp3) is 0.158. The van der Waals surface area contributed by atoms with Gasteiger partial charge in [0.1, 0.15) is 0 Å². The molecule has 0 fully saturated rings. The van der Waals surface area contributed by atoms with Gasteiger partial charge in [0.2, 0.25) is 0 Å². The van der Waals surface area contributed by atoms with Gasteiger partial charge in [-0.2, -0.15) is 0 Å². The molecule has 1 atom stereocenters. The van der Waals surface area contributed by atoms with E-state index in [-0.39, 0.29) is 17.1 Å². The molecule has 4 aromatic rings. The molecule has 130 valence electrons. The first-order chi connectivity index (χ1) is 12.6. The summed E-state index contributed by atoms with van der Waals surface area (Å²) in [6, 6.07) is 17.2. The van der Waals surface area contributed by atoms with Crippen LogP contribution in [0.1, 0.15) is 28.9 Å². The Labute approximate surface area is 148 Å². The summed E-state index contributed by atoms with van der Waals surface area (Å²) in [7, 11) is 0. The van der Waals surface area contributed by atoms with Crippen LogP contribution in [0.5, 0.6) is 0 Å². The number of hydrogen-bond acceptors (Lipinski definition) is 4. The van der Waals surface area contributed by atoms with E-state index in [0.717, 1.165) is 5.56 Å². The predicted molar refractivity (Wildman–Crippen MR) is 98.3 cm³/mol. The van der Waals surface area contributed by atoms with Gasteiger partial charge in [-0.15, -0.1) is 5.10 Å². The van der Waals surface area contributed by atoms with Crippen molar-refractivity contribution in [3.05, 3.63) is 76.2 Å². The summed E-state index contributed by atoms with van der Waals surface area (Å²) < 4.78 is 1.41. The van der Waals surface area contributed by atoms with Gasteiger partial charge in [-0.25, -0.2) is 4.52 Å². The van der Waals surface area contributed by atoms with Crippen molar-refractivity contribution in [3.63, 3.8) is 0 Å². The predicted octanol–water partition coefficient (Wildman–Crippen LogP) is 2.10. The van der Waals surface area contributed by atoms with E-state index in [2.05, 4.69) is 20.6 Å². The lowest BCUT2D eigenvalue weighted by Crippen LogP contribution is -2.29. The highest BCUT2D eigenvalue weighted by molar-refractivity contribution is 5.99. The van der Waals surface area contributed by atoms with E-state index < -0.39 is 11.5 Å². The van der Waals surface area contributed by atoms with Gasteiger partial charge in [0, 0.05) is 6.54 Å². The molecule has 2 aromatic heterocycles. The zero-order valence-corrected chi connectivity index (χ0v) is 14.1.